The topological polar surface area (TPSA) is 54.0 Å². The van der Waals surface area contributed by atoms with E-state index in [2.05, 4.69) is 31.5 Å². The van der Waals surface area contributed by atoms with E-state index in [4.69, 9.17) is 0 Å². The van der Waals surface area contributed by atoms with Crippen molar-refractivity contribution in [3.8, 4) is 0 Å². The Morgan fingerprint density at radius 3 is 3.06 bits per heavy atom. The van der Waals surface area contributed by atoms with Crippen LogP contribution in [0.15, 0.2) is 34.2 Å². The van der Waals surface area contributed by atoms with E-state index in [0.717, 1.165) is 9.47 Å². The first kappa shape index (κ1) is 11.7. The van der Waals surface area contributed by atoms with Gasteiger partial charge in [0.25, 0.3) is 0 Å². The summed E-state index contributed by atoms with van der Waals surface area (Å²) in [5.41, 5.74) is 2.22. The molecule has 0 saturated carbocycles. The molecule has 1 aliphatic heterocycles. The molecular formula is C12H10BrN3OS. The first-order valence-corrected chi connectivity index (χ1v) is 7.10. The smallest absolute Gasteiger partial charge is 0.248 e. The summed E-state index contributed by atoms with van der Waals surface area (Å²) in [6, 6.07) is 7.76. The molecule has 0 unspecified atom stereocenters. The highest BCUT2D eigenvalue weighted by atomic mass is 79.9. The van der Waals surface area contributed by atoms with Crippen molar-refractivity contribution in [3.63, 3.8) is 0 Å². The number of thiazole rings is 1. The van der Waals surface area contributed by atoms with E-state index in [1.165, 1.54) is 16.9 Å². The number of carbonyl (C=O) groups excluding carboxylic acids is 1. The van der Waals surface area contributed by atoms with Crippen LogP contribution in [0.25, 0.3) is 0 Å². The van der Waals surface area contributed by atoms with E-state index in [9.17, 15) is 4.79 Å². The summed E-state index contributed by atoms with van der Waals surface area (Å²) < 4.78 is 0.903. The molecule has 92 valence electrons. The predicted octanol–water partition coefficient (Wildman–Crippen LogP) is 2.88. The summed E-state index contributed by atoms with van der Waals surface area (Å²) in [6.45, 7) is 0. The fourth-order valence-corrected chi connectivity index (χ4v) is 3.07. The molecule has 0 radical (unpaired) electrons. The predicted molar refractivity (Wildman–Crippen MR) is 76.0 cm³/mol. The zero-order valence-corrected chi connectivity index (χ0v) is 11.7. The number of hydrogen-bond acceptors (Lipinski definition) is 4. The van der Waals surface area contributed by atoms with Crippen molar-refractivity contribution in [1.29, 1.82) is 0 Å². The highest BCUT2D eigenvalue weighted by molar-refractivity contribution is 9.11. The molecule has 0 aliphatic carbocycles. The first-order chi connectivity index (χ1) is 8.72. The van der Waals surface area contributed by atoms with E-state index in [1.54, 1.807) is 6.20 Å². The maximum Gasteiger partial charge on any atom is 0.248 e. The van der Waals surface area contributed by atoms with Crippen LogP contribution < -0.4 is 10.6 Å². The maximum absolute atomic E-state index is 12.1. The monoisotopic (exact) mass is 323 g/mol. The highest BCUT2D eigenvalue weighted by Gasteiger charge is 2.26. The van der Waals surface area contributed by atoms with Crippen LogP contribution in [0.4, 0.5) is 10.8 Å². The van der Waals surface area contributed by atoms with Gasteiger partial charge < -0.3 is 10.6 Å². The van der Waals surface area contributed by atoms with Crippen molar-refractivity contribution in [3.05, 3.63) is 39.8 Å². The van der Waals surface area contributed by atoms with Gasteiger partial charge in [-0.3, -0.25) is 4.79 Å². The van der Waals surface area contributed by atoms with E-state index >= 15 is 0 Å². The number of rotatable bonds is 2. The third-order valence-electron chi connectivity index (χ3n) is 2.80. The normalized spacial score (nSPS) is 17.1. The molecule has 1 atom stereocenters. The van der Waals surface area contributed by atoms with Crippen LogP contribution in [-0.4, -0.2) is 16.9 Å². The number of fused-ring (bicyclic) bond motifs is 1. The maximum atomic E-state index is 12.1. The Bertz CT molecular complexity index is 574. The summed E-state index contributed by atoms with van der Waals surface area (Å²) in [7, 11) is 0. The summed E-state index contributed by atoms with van der Waals surface area (Å²) in [5, 5.41) is 6.65. The average Bonchev–Trinajstić information content (AvgIpc) is 2.95. The van der Waals surface area contributed by atoms with Crippen LogP contribution in [0.3, 0.4) is 0 Å². The number of anilines is 2. The molecule has 1 aromatic carbocycles. The summed E-state index contributed by atoms with van der Waals surface area (Å²) in [5.74, 6) is -0.0481. The molecule has 1 aromatic heterocycles. The van der Waals surface area contributed by atoms with Gasteiger partial charge in [-0.05, 0) is 27.6 Å². The van der Waals surface area contributed by atoms with Gasteiger partial charge in [0, 0.05) is 12.1 Å². The Kier molecular flexibility index (Phi) is 3.05. The number of aromatic nitrogens is 1. The lowest BCUT2D eigenvalue weighted by molar-refractivity contribution is -0.116. The lowest BCUT2D eigenvalue weighted by Crippen LogP contribution is -2.32. The van der Waals surface area contributed by atoms with Crippen LogP contribution >= 0.6 is 27.3 Å². The molecular weight excluding hydrogens is 314 g/mol. The van der Waals surface area contributed by atoms with Crippen molar-refractivity contribution >= 4 is 44.0 Å². The van der Waals surface area contributed by atoms with Gasteiger partial charge in [-0.25, -0.2) is 4.98 Å². The molecule has 18 heavy (non-hydrogen) atoms. The molecule has 2 heterocycles. The second-order valence-electron chi connectivity index (χ2n) is 4.02. The molecule has 1 aliphatic rings. The Labute approximate surface area is 117 Å². The largest absolute Gasteiger partial charge is 0.373 e. The number of nitrogens with zero attached hydrogens (tertiary/aromatic N) is 1. The molecule has 0 spiro atoms. The third kappa shape index (κ3) is 2.26. The van der Waals surface area contributed by atoms with Gasteiger partial charge in [-0.15, -0.1) is 0 Å². The lowest BCUT2D eigenvalue weighted by atomic mass is 10.1. The van der Waals surface area contributed by atoms with E-state index in [0.29, 0.717) is 11.6 Å². The van der Waals surface area contributed by atoms with Crippen molar-refractivity contribution in [2.24, 2.45) is 0 Å². The number of amides is 1. The first-order valence-electron chi connectivity index (χ1n) is 5.49. The second-order valence-corrected chi connectivity index (χ2v) is 6.43. The van der Waals surface area contributed by atoms with Crippen molar-refractivity contribution < 1.29 is 4.79 Å². The van der Waals surface area contributed by atoms with Crippen LogP contribution in [-0.2, 0) is 11.2 Å². The van der Waals surface area contributed by atoms with Crippen molar-refractivity contribution in [2.45, 2.75) is 12.5 Å². The summed E-state index contributed by atoms with van der Waals surface area (Å²) in [6.07, 6.45) is 2.39. The minimum absolute atomic E-state index is 0.0481. The highest BCUT2D eigenvalue weighted by Crippen LogP contribution is 2.27. The Morgan fingerprint density at radius 1 is 1.50 bits per heavy atom. The van der Waals surface area contributed by atoms with Gasteiger partial charge in [0.2, 0.25) is 5.91 Å². The number of benzene rings is 1. The summed E-state index contributed by atoms with van der Waals surface area (Å²) >= 11 is 4.72. The van der Waals surface area contributed by atoms with Gasteiger partial charge in [0.05, 0.1) is 9.98 Å². The molecule has 0 fully saturated rings. The molecule has 2 N–H and O–H groups in total. The zero-order chi connectivity index (χ0) is 12.5. The lowest BCUT2D eigenvalue weighted by Gasteiger charge is -2.09. The fraction of sp³-hybridized carbons (Fsp3) is 0.167. The molecule has 6 heteroatoms. The van der Waals surface area contributed by atoms with Crippen LogP contribution in [0.5, 0.6) is 0 Å². The number of halogens is 1. The van der Waals surface area contributed by atoms with E-state index in [1.807, 2.05) is 24.3 Å². The SMILES string of the molecule is O=C(Nc1ncc(Br)s1)[C@@H]1Cc2ccccc2N1. The van der Waals surface area contributed by atoms with Crippen LogP contribution in [0.1, 0.15) is 5.56 Å². The zero-order valence-electron chi connectivity index (χ0n) is 9.31. The van der Waals surface area contributed by atoms with Crippen molar-refractivity contribution in [2.75, 3.05) is 10.6 Å². The molecule has 4 nitrogen and oxygen atoms in total. The van der Waals surface area contributed by atoms with Gasteiger partial charge >= 0.3 is 0 Å². The number of nitrogens with one attached hydrogen (secondary N) is 2. The third-order valence-corrected chi connectivity index (χ3v) is 4.19. The second kappa shape index (κ2) is 4.70. The van der Waals surface area contributed by atoms with Gasteiger partial charge in [0.1, 0.15) is 6.04 Å². The van der Waals surface area contributed by atoms with Crippen LogP contribution in [0.2, 0.25) is 0 Å². The van der Waals surface area contributed by atoms with Gasteiger partial charge in [-0.1, -0.05) is 29.5 Å². The van der Waals surface area contributed by atoms with Crippen LogP contribution in [0, 0.1) is 0 Å². The van der Waals surface area contributed by atoms with Crippen molar-refractivity contribution in [1.82, 2.24) is 4.98 Å². The minimum atomic E-state index is -0.218. The average molecular weight is 324 g/mol. The molecule has 2 aromatic rings. The Balaban J connectivity index is 1.69. The quantitative estimate of drug-likeness (QED) is 0.893. The van der Waals surface area contributed by atoms with E-state index in [-0.39, 0.29) is 11.9 Å². The Morgan fingerprint density at radius 2 is 2.33 bits per heavy atom. The molecule has 1 amide bonds. The number of hydrogen-bond donors (Lipinski definition) is 2. The fourth-order valence-electron chi connectivity index (χ4n) is 1.96. The van der Waals surface area contributed by atoms with E-state index < -0.39 is 0 Å². The van der Waals surface area contributed by atoms with Gasteiger partial charge in [0.15, 0.2) is 5.13 Å². The molecule has 3 rings (SSSR count). The van der Waals surface area contributed by atoms with Gasteiger partial charge in [-0.2, -0.15) is 0 Å². The standard InChI is InChI=1S/C12H10BrN3OS/c13-10-6-14-12(18-10)16-11(17)9-5-7-3-1-2-4-8(7)15-9/h1-4,6,9,15H,5H2,(H,14,16,17)/t9-/m0/s1. The Hall–Kier alpha value is -1.40. The molecule has 0 bridgehead atoms. The summed E-state index contributed by atoms with van der Waals surface area (Å²) in [4.78, 5) is 16.2. The number of carbonyl (C=O) groups is 1. The number of para-hydroxylation sites is 1. The minimum Gasteiger partial charge on any atom is -0.373 e. The molecule has 0 saturated heterocycles.